The van der Waals surface area contributed by atoms with Gasteiger partial charge in [-0.15, -0.1) is 15.0 Å². The Morgan fingerprint density at radius 2 is 1.86 bits per heavy atom. The molecule has 1 aromatic heterocycles. The number of rotatable bonds is 2. The summed E-state index contributed by atoms with van der Waals surface area (Å²) in [5.74, 6) is 0.107. The molecule has 0 spiro atoms. The average Bonchev–Trinajstić information content (AvgIpc) is 2.92. The SMILES string of the molecule is CN1CCN(c2nn(-c3ccccc3F)nc2C#N)CC1. The van der Waals surface area contributed by atoms with Crippen LogP contribution < -0.4 is 4.90 Å². The second-order valence-corrected chi connectivity index (χ2v) is 5.02. The van der Waals surface area contributed by atoms with Gasteiger partial charge in [0.2, 0.25) is 5.69 Å². The van der Waals surface area contributed by atoms with Crippen LogP contribution in [0.1, 0.15) is 5.69 Å². The Bertz CT molecular complexity index is 681. The minimum atomic E-state index is -0.415. The zero-order valence-electron chi connectivity index (χ0n) is 11.7. The molecule has 1 aliphatic heterocycles. The Balaban J connectivity index is 1.96. The molecular weight excluding hydrogens is 271 g/mol. The van der Waals surface area contributed by atoms with Crippen LogP contribution in [0.4, 0.5) is 10.2 Å². The molecule has 1 saturated heterocycles. The zero-order valence-corrected chi connectivity index (χ0v) is 11.7. The Hall–Kier alpha value is -2.46. The predicted octanol–water partition coefficient (Wildman–Crippen LogP) is 1.03. The van der Waals surface area contributed by atoms with E-state index < -0.39 is 5.82 Å². The molecule has 1 fully saturated rings. The summed E-state index contributed by atoms with van der Waals surface area (Å²) in [6.07, 6.45) is 0. The molecule has 0 aliphatic carbocycles. The summed E-state index contributed by atoms with van der Waals surface area (Å²) in [6.45, 7) is 3.36. The second-order valence-electron chi connectivity index (χ2n) is 5.02. The van der Waals surface area contributed by atoms with Crippen molar-refractivity contribution in [2.45, 2.75) is 0 Å². The molecule has 0 saturated carbocycles. The molecule has 0 unspecified atom stereocenters. The highest BCUT2D eigenvalue weighted by Gasteiger charge is 2.22. The third-order valence-corrected chi connectivity index (χ3v) is 3.57. The van der Waals surface area contributed by atoms with Crippen LogP contribution >= 0.6 is 0 Å². The molecule has 0 N–H and O–H groups in total. The van der Waals surface area contributed by atoms with Gasteiger partial charge in [-0.2, -0.15) is 5.26 Å². The van der Waals surface area contributed by atoms with Gasteiger partial charge < -0.3 is 9.80 Å². The van der Waals surface area contributed by atoms with Crippen LogP contribution in [-0.2, 0) is 0 Å². The molecule has 0 bridgehead atoms. The molecule has 108 valence electrons. The quantitative estimate of drug-likeness (QED) is 0.825. The van der Waals surface area contributed by atoms with E-state index in [-0.39, 0.29) is 11.4 Å². The number of hydrogen-bond donors (Lipinski definition) is 0. The third-order valence-electron chi connectivity index (χ3n) is 3.57. The lowest BCUT2D eigenvalue weighted by Crippen LogP contribution is -2.45. The fraction of sp³-hybridized carbons (Fsp3) is 0.357. The normalized spacial score (nSPS) is 16.0. The fourth-order valence-corrected chi connectivity index (χ4v) is 2.32. The summed E-state index contributed by atoms with van der Waals surface area (Å²) in [5.41, 5.74) is 0.470. The smallest absolute Gasteiger partial charge is 0.207 e. The topological polar surface area (TPSA) is 61.0 Å². The Labute approximate surface area is 122 Å². The number of anilines is 1. The molecule has 1 aliphatic rings. The van der Waals surface area contributed by atoms with Gasteiger partial charge in [0.05, 0.1) is 0 Å². The molecule has 7 heteroatoms. The summed E-state index contributed by atoms with van der Waals surface area (Å²) in [7, 11) is 2.05. The summed E-state index contributed by atoms with van der Waals surface area (Å²) >= 11 is 0. The van der Waals surface area contributed by atoms with Crippen LogP contribution in [-0.4, -0.2) is 53.1 Å². The lowest BCUT2D eigenvalue weighted by atomic mass is 10.3. The summed E-state index contributed by atoms with van der Waals surface area (Å²) < 4.78 is 13.8. The zero-order chi connectivity index (χ0) is 14.8. The van der Waals surface area contributed by atoms with Gasteiger partial charge in [0, 0.05) is 26.2 Å². The van der Waals surface area contributed by atoms with E-state index in [0.717, 1.165) is 26.2 Å². The molecule has 0 radical (unpaired) electrons. The van der Waals surface area contributed by atoms with Crippen molar-refractivity contribution in [1.82, 2.24) is 19.9 Å². The first-order valence-electron chi connectivity index (χ1n) is 6.75. The largest absolute Gasteiger partial charge is 0.350 e. The lowest BCUT2D eigenvalue weighted by molar-refractivity contribution is 0.312. The van der Waals surface area contributed by atoms with Gasteiger partial charge in [0.25, 0.3) is 0 Å². The van der Waals surface area contributed by atoms with Crippen LogP contribution in [0.2, 0.25) is 0 Å². The molecule has 2 heterocycles. The molecule has 1 aromatic carbocycles. The highest BCUT2D eigenvalue weighted by molar-refractivity contribution is 5.50. The van der Waals surface area contributed by atoms with Crippen molar-refractivity contribution in [2.24, 2.45) is 0 Å². The van der Waals surface area contributed by atoms with Gasteiger partial charge in [-0.1, -0.05) is 12.1 Å². The first-order chi connectivity index (χ1) is 10.2. The van der Waals surface area contributed by atoms with Crippen LogP contribution in [0.25, 0.3) is 5.69 Å². The summed E-state index contributed by atoms with van der Waals surface area (Å²) in [6, 6.07) is 8.29. The van der Waals surface area contributed by atoms with Crippen molar-refractivity contribution in [3.63, 3.8) is 0 Å². The Morgan fingerprint density at radius 3 is 2.52 bits per heavy atom. The molecule has 3 rings (SSSR count). The molecule has 2 aromatic rings. The van der Waals surface area contributed by atoms with Crippen LogP contribution in [0, 0.1) is 17.1 Å². The van der Waals surface area contributed by atoms with Crippen LogP contribution in [0.15, 0.2) is 24.3 Å². The maximum atomic E-state index is 13.8. The second kappa shape index (κ2) is 5.50. The van der Waals surface area contributed by atoms with Crippen molar-refractivity contribution in [3.05, 3.63) is 35.8 Å². The van der Waals surface area contributed by atoms with Crippen molar-refractivity contribution < 1.29 is 4.39 Å². The third kappa shape index (κ3) is 2.58. The van der Waals surface area contributed by atoms with Crippen LogP contribution in [0.5, 0.6) is 0 Å². The number of hydrogen-bond acceptors (Lipinski definition) is 5. The standard InChI is InChI=1S/C14H15FN6/c1-19-6-8-20(9-7-19)14-12(10-16)17-21(18-14)13-5-3-2-4-11(13)15/h2-5H,6-9H2,1H3. The highest BCUT2D eigenvalue weighted by atomic mass is 19.1. The Morgan fingerprint density at radius 1 is 1.14 bits per heavy atom. The van der Waals surface area contributed by atoms with E-state index >= 15 is 0 Å². The highest BCUT2D eigenvalue weighted by Crippen LogP contribution is 2.19. The minimum Gasteiger partial charge on any atom is -0.350 e. The van der Waals surface area contributed by atoms with E-state index in [1.807, 2.05) is 11.0 Å². The molecule has 0 atom stereocenters. The van der Waals surface area contributed by atoms with E-state index in [9.17, 15) is 9.65 Å². The van der Waals surface area contributed by atoms with E-state index in [1.54, 1.807) is 18.2 Å². The van der Waals surface area contributed by atoms with Crippen molar-refractivity contribution in [2.75, 3.05) is 38.1 Å². The van der Waals surface area contributed by atoms with Gasteiger partial charge in [0.1, 0.15) is 11.8 Å². The number of nitrogens with zero attached hydrogens (tertiary/aromatic N) is 6. The molecule has 6 nitrogen and oxygen atoms in total. The molecular formula is C14H15FN6. The number of aromatic nitrogens is 3. The van der Waals surface area contributed by atoms with Gasteiger partial charge >= 0.3 is 0 Å². The van der Waals surface area contributed by atoms with Gasteiger partial charge in [-0.05, 0) is 19.2 Å². The van der Waals surface area contributed by atoms with Gasteiger partial charge in [-0.3, -0.25) is 0 Å². The lowest BCUT2D eigenvalue weighted by Gasteiger charge is -2.32. The van der Waals surface area contributed by atoms with Gasteiger partial charge in [-0.25, -0.2) is 4.39 Å². The van der Waals surface area contributed by atoms with Crippen molar-refractivity contribution >= 4 is 5.82 Å². The minimum absolute atomic E-state index is 0.225. The molecule has 0 amide bonds. The number of halogens is 1. The monoisotopic (exact) mass is 286 g/mol. The maximum absolute atomic E-state index is 13.8. The average molecular weight is 286 g/mol. The summed E-state index contributed by atoms with van der Waals surface area (Å²) in [4.78, 5) is 5.42. The van der Waals surface area contributed by atoms with Crippen molar-refractivity contribution in [3.8, 4) is 11.8 Å². The van der Waals surface area contributed by atoms with E-state index in [4.69, 9.17) is 0 Å². The molecule has 21 heavy (non-hydrogen) atoms. The van der Waals surface area contributed by atoms with Crippen LogP contribution in [0.3, 0.4) is 0 Å². The number of nitriles is 1. The van der Waals surface area contributed by atoms with E-state index in [2.05, 4.69) is 22.1 Å². The Kier molecular flexibility index (Phi) is 3.54. The van der Waals surface area contributed by atoms with E-state index in [0.29, 0.717) is 5.82 Å². The predicted molar refractivity (Wildman–Crippen MR) is 75.7 cm³/mol. The van der Waals surface area contributed by atoms with Gasteiger partial charge in [0.15, 0.2) is 11.6 Å². The number of benzene rings is 1. The van der Waals surface area contributed by atoms with Crippen molar-refractivity contribution in [1.29, 1.82) is 5.26 Å². The maximum Gasteiger partial charge on any atom is 0.207 e. The number of likely N-dealkylation sites (N-methyl/N-ethyl adjacent to an activating group) is 1. The first-order valence-corrected chi connectivity index (χ1v) is 6.75. The number of piperazine rings is 1. The number of para-hydroxylation sites is 1. The fourth-order valence-electron chi connectivity index (χ4n) is 2.32. The first kappa shape index (κ1) is 13.5. The van der Waals surface area contributed by atoms with E-state index in [1.165, 1.54) is 10.9 Å². The summed E-state index contributed by atoms with van der Waals surface area (Å²) in [5, 5.41) is 17.6.